The minimum absolute atomic E-state index is 0.381. The Kier molecular flexibility index (Phi) is 8.30. The number of hydrogen-bond donors (Lipinski definition) is 1. The van der Waals surface area contributed by atoms with Gasteiger partial charge in [0.15, 0.2) is 0 Å². The summed E-state index contributed by atoms with van der Waals surface area (Å²) in [6, 6.07) is 20.9. The summed E-state index contributed by atoms with van der Waals surface area (Å²) in [5, 5.41) is 9.29. The number of nitrogens with zero attached hydrogens (tertiary/aromatic N) is 3. The molecule has 2 heterocycles. The quantitative estimate of drug-likeness (QED) is 0.162. The first-order valence-corrected chi connectivity index (χ1v) is 14.4. The number of benzene rings is 3. The molecule has 0 saturated heterocycles. The largest absolute Gasteiger partial charge is 0.489 e. The fourth-order valence-corrected chi connectivity index (χ4v) is 5.90. The number of nitrogens with one attached hydrogen (secondary N) is 1. The van der Waals surface area contributed by atoms with Crippen LogP contribution in [0.1, 0.15) is 35.2 Å². The number of anilines is 1. The lowest BCUT2D eigenvalue weighted by Gasteiger charge is -2.29. The van der Waals surface area contributed by atoms with Crippen LogP contribution in [-0.2, 0) is 21.9 Å². The summed E-state index contributed by atoms with van der Waals surface area (Å²) in [6.45, 7) is 4.27. The lowest BCUT2D eigenvalue weighted by molar-refractivity contribution is -0.136. The fourth-order valence-electron chi connectivity index (χ4n) is 4.40. The average molecular weight is 626 g/mol. The van der Waals surface area contributed by atoms with E-state index in [0.29, 0.717) is 45.5 Å². The van der Waals surface area contributed by atoms with Gasteiger partial charge in [-0.05, 0) is 54.8 Å². The Balaban J connectivity index is 1.54. The van der Waals surface area contributed by atoms with Crippen molar-refractivity contribution in [3.05, 3.63) is 110 Å². The molecule has 4 aromatic rings. The Morgan fingerprint density at radius 1 is 1.10 bits per heavy atom. The van der Waals surface area contributed by atoms with E-state index in [4.69, 9.17) is 31.2 Å². The second-order valence-electron chi connectivity index (χ2n) is 9.00. The molecule has 1 unspecified atom stereocenters. The van der Waals surface area contributed by atoms with E-state index in [1.165, 1.54) is 18.9 Å². The van der Waals surface area contributed by atoms with Crippen LogP contribution in [0.5, 0.6) is 5.75 Å². The second kappa shape index (κ2) is 11.9. The molecule has 0 spiro atoms. The van der Waals surface area contributed by atoms with Gasteiger partial charge in [-0.3, -0.25) is 0 Å². The molecule has 0 aliphatic carbocycles. The van der Waals surface area contributed by atoms with Gasteiger partial charge >= 0.3 is 5.97 Å². The predicted octanol–water partition coefficient (Wildman–Crippen LogP) is 7.34. The number of hydrogen-bond acceptors (Lipinski definition) is 7. The van der Waals surface area contributed by atoms with Crippen molar-refractivity contribution in [2.75, 3.05) is 12.4 Å². The molecule has 1 aliphatic heterocycles. The summed E-state index contributed by atoms with van der Waals surface area (Å²) in [5.74, 6) is 1.30. The van der Waals surface area contributed by atoms with Gasteiger partial charge in [-0.15, -0.1) is 5.10 Å². The summed E-state index contributed by atoms with van der Waals surface area (Å²) in [6.07, 6.45) is 0. The summed E-state index contributed by atoms with van der Waals surface area (Å²) >= 11 is 11.4. The summed E-state index contributed by atoms with van der Waals surface area (Å²) in [4.78, 5) is 17.8. The van der Waals surface area contributed by atoms with Gasteiger partial charge in [-0.1, -0.05) is 81.8 Å². The number of carbonyl (C=O) groups excluding carboxylic acids is 1. The minimum Gasteiger partial charge on any atom is -0.489 e. The van der Waals surface area contributed by atoms with Crippen molar-refractivity contribution in [1.82, 2.24) is 14.8 Å². The molecular formula is C29H26BrClN4O3S. The molecular weight excluding hydrogens is 600 g/mol. The van der Waals surface area contributed by atoms with Crippen LogP contribution in [0.25, 0.3) is 0 Å². The molecule has 0 radical (unpaired) electrons. The van der Waals surface area contributed by atoms with E-state index in [1.54, 1.807) is 4.68 Å². The van der Waals surface area contributed by atoms with E-state index in [1.807, 2.05) is 67.6 Å². The number of rotatable bonds is 8. The Morgan fingerprint density at radius 3 is 2.59 bits per heavy atom. The van der Waals surface area contributed by atoms with Crippen molar-refractivity contribution in [1.29, 1.82) is 0 Å². The van der Waals surface area contributed by atoms with Crippen molar-refractivity contribution >= 4 is 51.2 Å². The molecule has 1 aromatic heterocycles. The van der Waals surface area contributed by atoms with Gasteiger partial charge in [-0.2, -0.15) is 4.98 Å². The van der Waals surface area contributed by atoms with Crippen LogP contribution in [0.3, 0.4) is 0 Å². The van der Waals surface area contributed by atoms with E-state index in [-0.39, 0.29) is 0 Å². The molecule has 1 atom stereocenters. The van der Waals surface area contributed by atoms with Gasteiger partial charge in [-0.25, -0.2) is 9.48 Å². The molecule has 5 rings (SSSR count). The topological polar surface area (TPSA) is 78.3 Å². The highest BCUT2D eigenvalue weighted by molar-refractivity contribution is 9.10. The molecule has 10 heteroatoms. The van der Waals surface area contributed by atoms with Crippen molar-refractivity contribution in [2.45, 2.75) is 37.4 Å². The molecule has 39 heavy (non-hydrogen) atoms. The van der Waals surface area contributed by atoms with Crippen molar-refractivity contribution in [2.24, 2.45) is 0 Å². The van der Waals surface area contributed by atoms with Crippen molar-refractivity contribution in [3.63, 3.8) is 0 Å². The molecule has 3 aromatic carbocycles. The highest BCUT2D eigenvalue weighted by atomic mass is 79.9. The van der Waals surface area contributed by atoms with E-state index in [9.17, 15) is 4.79 Å². The molecule has 0 amide bonds. The zero-order valence-corrected chi connectivity index (χ0v) is 24.7. The smallest absolute Gasteiger partial charge is 0.338 e. The van der Waals surface area contributed by atoms with Crippen LogP contribution in [0, 0.1) is 6.92 Å². The SMILES string of the molecule is COC(=O)C1=C(C)Nc2nc(SCc3ccccc3Cl)nn2C1c1cc(Br)ccc1OCc1ccccc1C. The first-order valence-electron chi connectivity index (χ1n) is 12.2. The number of methoxy groups -OCH3 is 1. The van der Waals surface area contributed by atoms with Gasteiger partial charge in [0.05, 0.1) is 12.7 Å². The summed E-state index contributed by atoms with van der Waals surface area (Å²) in [5.41, 5.74) is 5.03. The summed E-state index contributed by atoms with van der Waals surface area (Å²) < 4.78 is 14.1. The molecule has 0 bridgehead atoms. The predicted molar refractivity (Wildman–Crippen MR) is 157 cm³/mol. The van der Waals surface area contributed by atoms with Crippen molar-refractivity contribution in [3.8, 4) is 5.75 Å². The number of carbonyl (C=O) groups is 1. The monoisotopic (exact) mass is 624 g/mol. The van der Waals surface area contributed by atoms with Gasteiger partial charge in [0.2, 0.25) is 11.1 Å². The Labute approximate surface area is 244 Å². The number of aryl methyl sites for hydroxylation is 1. The normalized spacial score (nSPS) is 14.5. The third kappa shape index (κ3) is 5.85. The Morgan fingerprint density at radius 2 is 1.85 bits per heavy atom. The Bertz CT molecular complexity index is 1570. The maximum absolute atomic E-state index is 13.1. The molecule has 7 nitrogen and oxygen atoms in total. The second-order valence-corrected chi connectivity index (χ2v) is 11.3. The molecule has 1 N–H and O–H groups in total. The standard InChI is InChI=1S/C29H26BrClN4O3S/c1-17-8-4-5-9-19(17)15-38-24-13-12-21(30)14-22(24)26-25(27(36)37-3)18(2)32-28-33-29(34-35(26)28)39-16-20-10-6-7-11-23(20)31/h4-14,26H,15-16H2,1-3H3,(H,32,33,34). The average Bonchev–Trinajstić information content (AvgIpc) is 3.33. The lowest BCUT2D eigenvalue weighted by Crippen LogP contribution is -2.29. The highest BCUT2D eigenvalue weighted by Gasteiger charge is 2.37. The van der Waals surface area contributed by atoms with Crippen LogP contribution in [0.2, 0.25) is 5.02 Å². The number of esters is 1. The van der Waals surface area contributed by atoms with Crippen LogP contribution in [-0.4, -0.2) is 27.8 Å². The molecule has 200 valence electrons. The zero-order valence-electron chi connectivity index (χ0n) is 21.6. The molecule has 0 fully saturated rings. The molecule has 1 aliphatic rings. The number of thioether (sulfide) groups is 1. The maximum Gasteiger partial charge on any atom is 0.338 e. The first kappa shape index (κ1) is 27.3. The zero-order chi connectivity index (χ0) is 27.5. The van der Waals surface area contributed by atoms with E-state index >= 15 is 0 Å². The van der Waals surface area contributed by atoms with Gasteiger partial charge in [0.1, 0.15) is 18.4 Å². The third-order valence-electron chi connectivity index (χ3n) is 6.46. The van der Waals surface area contributed by atoms with Crippen molar-refractivity contribution < 1.29 is 14.3 Å². The highest BCUT2D eigenvalue weighted by Crippen LogP contribution is 2.41. The lowest BCUT2D eigenvalue weighted by atomic mass is 9.95. The van der Waals surface area contributed by atoms with E-state index in [2.05, 4.69) is 34.2 Å². The van der Waals surface area contributed by atoms with Crippen LogP contribution in [0.4, 0.5) is 5.95 Å². The Hall–Kier alpha value is -3.27. The number of ether oxygens (including phenoxy) is 2. The fraction of sp³-hybridized carbons (Fsp3) is 0.207. The van der Waals surface area contributed by atoms with E-state index < -0.39 is 12.0 Å². The van der Waals surface area contributed by atoms with Crippen LogP contribution in [0.15, 0.2) is 87.6 Å². The van der Waals surface area contributed by atoms with Gasteiger partial charge in [0, 0.05) is 26.5 Å². The van der Waals surface area contributed by atoms with E-state index in [0.717, 1.165) is 26.7 Å². The van der Waals surface area contributed by atoms with Gasteiger partial charge in [0.25, 0.3) is 0 Å². The van der Waals surface area contributed by atoms with Crippen LogP contribution < -0.4 is 10.1 Å². The summed E-state index contributed by atoms with van der Waals surface area (Å²) in [7, 11) is 1.37. The first-order chi connectivity index (χ1) is 18.9. The molecule has 0 saturated carbocycles. The third-order valence-corrected chi connectivity index (χ3v) is 8.21. The maximum atomic E-state index is 13.1. The van der Waals surface area contributed by atoms with Crippen LogP contribution >= 0.6 is 39.3 Å². The number of allylic oxidation sites excluding steroid dienone is 1. The number of halogens is 2. The number of aromatic nitrogens is 3. The minimum atomic E-state index is -0.625. The van der Waals surface area contributed by atoms with Gasteiger partial charge < -0.3 is 14.8 Å². The number of fused-ring (bicyclic) bond motifs is 1.